The number of nitrogens with one attached hydrogen (secondary N) is 1. The van der Waals surface area contributed by atoms with Crippen LogP contribution in [-0.2, 0) is 0 Å². The maximum Gasteiger partial charge on any atom is 0.148 e. The predicted octanol–water partition coefficient (Wildman–Crippen LogP) is 4.03. The zero-order chi connectivity index (χ0) is 13.2. The molecule has 3 rings (SSSR count). The molecule has 1 aliphatic heterocycles. The zero-order valence-corrected chi connectivity index (χ0v) is 11.7. The molecule has 1 heterocycles. The molecule has 3 heteroatoms. The number of benzene rings is 1. The molecule has 1 aromatic rings. The lowest BCUT2D eigenvalue weighted by Gasteiger charge is -2.21. The molecule has 1 aliphatic carbocycles. The average Bonchev–Trinajstić information content (AvgIpc) is 3.02. The molecule has 2 fully saturated rings. The van der Waals surface area contributed by atoms with Gasteiger partial charge in [0.2, 0.25) is 0 Å². The molecular weight excluding hydrogens is 239 g/mol. The van der Waals surface area contributed by atoms with E-state index in [-0.39, 0.29) is 5.82 Å². The monoisotopic (exact) mass is 262 g/mol. The van der Waals surface area contributed by atoms with E-state index in [1.54, 1.807) is 6.07 Å². The van der Waals surface area contributed by atoms with Gasteiger partial charge in [-0.15, -0.1) is 0 Å². The van der Waals surface area contributed by atoms with Gasteiger partial charge in [-0.3, -0.25) is 0 Å². The van der Waals surface area contributed by atoms with Crippen molar-refractivity contribution in [2.75, 3.05) is 23.3 Å². The molecule has 104 valence electrons. The molecule has 0 bridgehead atoms. The van der Waals surface area contributed by atoms with Crippen LogP contribution in [0.15, 0.2) is 18.2 Å². The Labute approximate surface area is 115 Å². The van der Waals surface area contributed by atoms with E-state index in [9.17, 15) is 4.39 Å². The van der Waals surface area contributed by atoms with Gasteiger partial charge in [-0.1, -0.05) is 13.3 Å². The zero-order valence-electron chi connectivity index (χ0n) is 11.7. The van der Waals surface area contributed by atoms with Crippen molar-refractivity contribution >= 4 is 11.4 Å². The number of hydrogen-bond donors (Lipinski definition) is 1. The van der Waals surface area contributed by atoms with E-state index in [0.29, 0.717) is 12.0 Å². The van der Waals surface area contributed by atoms with Crippen LogP contribution in [0.25, 0.3) is 0 Å². The van der Waals surface area contributed by atoms with Gasteiger partial charge in [0, 0.05) is 24.8 Å². The highest BCUT2D eigenvalue weighted by atomic mass is 19.1. The van der Waals surface area contributed by atoms with Crippen molar-refractivity contribution in [3.8, 4) is 0 Å². The topological polar surface area (TPSA) is 15.3 Å². The van der Waals surface area contributed by atoms with Gasteiger partial charge >= 0.3 is 0 Å². The summed E-state index contributed by atoms with van der Waals surface area (Å²) in [6, 6.07) is 6.14. The largest absolute Gasteiger partial charge is 0.382 e. The molecule has 0 radical (unpaired) electrons. The quantitative estimate of drug-likeness (QED) is 0.885. The summed E-state index contributed by atoms with van der Waals surface area (Å²) in [6.45, 7) is 4.26. The van der Waals surface area contributed by atoms with Crippen LogP contribution in [0.4, 0.5) is 15.8 Å². The first-order chi connectivity index (χ1) is 9.24. The van der Waals surface area contributed by atoms with Crippen molar-refractivity contribution in [3.05, 3.63) is 24.0 Å². The lowest BCUT2D eigenvalue weighted by Crippen LogP contribution is -2.22. The second kappa shape index (κ2) is 5.40. The van der Waals surface area contributed by atoms with Gasteiger partial charge in [0.25, 0.3) is 0 Å². The van der Waals surface area contributed by atoms with Crippen molar-refractivity contribution in [1.29, 1.82) is 0 Å². The van der Waals surface area contributed by atoms with E-state index < -0.39 is 0 Å². The van der Waals surface area contributed by atoms with Crippen LogP contribution in [0.3, 0.4) is 0 Å². The number of rotatable bonds is 3. The van der Waals surface area contributed by atoms with Crippen molar-refractivity contribution in [2.45, 2.75) is 45.1 Å². The Balaban J connectivity index is 1.71. The molecule has 2 unspecified atom stereocenters. The van der Waals surface area contributed by atoms with Crippen molar-refractivity contribution in [2.24, 2.45) is 5.92 Å². The van der Waals surface area contributed by atoms with Gasteiger partial charge in [0.1, 0.15) is 5.82 Å². The molecule has 1 saturated carbocycles. The Morgan fingerprint density at radius 2 is 1.95 bits per heavy atom. The fraction of sp³-hybridized carbons (Fsp3) is 0.625. The first kappa shape index (κ1) is 12.8. The highest BCUT2D eigenvalue weighted by Gasteiger charge is 2.23. The van der Waals surface area contributed by atoms with E-state index in [0.717, 1.165) is 24.5 Å². The molecule has 0 amide bonds. The average molecular weight is 262 g/mol. The van der Waals surface area contributed by atoms with Gasteiger partial charge < -0.3 is 10.2 Å². The number of halogens is 1. The second-order valence-corrected chi connectivity index (χ2v) is 6.02. The number of hydrogen-bond acceptors (Lipinski definition) is 2. The van der Waals surface area contributed by atoms with Crippen LogP contribution in [0.1, 0.15) is 39.0 Å². The molecule has 0 spiro atoms. The highest BCUT2D eigenvalue weighted by molar-refractivity contribution is 5.57. The minimum Gasteiger partial charge on any atom is -0.382 e. The van der Waals surface area contributed by atoms with Gasteiger partial charge in [0.15, 0.2) is 0 Å². The standard InChI is InChI=1S/C16H23FN2/c1-12-5-4-6-15(12)18-13-7-8-16(14(17)11-13)19-9-2-3-10-19/h7-8,11-12,15,18H,2-6,9-10H2,1H3. The van der Waals surface area contributed by atoms with Gasteiger partial charge in [-0.05, 0) is 49.8 Å². The van der Waals surface area contributed by atoms with Gasteiger partial charge in [-0.25, -0.2) is 4.39 Å². The summed E-state index contributed by atoms with van der Waals surface area (Å²) < 4.78 is 14.2. The van der Waals surface area contributed by atoms with Gasteiger partial charge in [-0.2, -0.15) is 0 Å². The summed E-state index contributed by atoms with van der Waals surface area (Å²) in [4.78, 5) is 2.15. The molecule has 1 N–H and O–H groups in total. The van der Waals surface area contributed by atoms with Crippen molar-refractivity contribution in [1.82, 2.24) is 0 Å². The third-order valence-electron chi connectivity index (χ3n) is 4.61. The van der Waals surface area contributed by atoms with E-state index >= 15 is 0 Å². The molecule has 19 heavy (non-hydrogen) atoms. The minimum atomic E-state index is -0.0856. The van der Waals surface area contributed by atoms with E-state index in [1.165, 1.54) is 32.1 Å². The van der Waals surface area contributed by atoms with E-state index in [4.69, 9.17) is 0 Å². The van der Waals surface area contributed by atoms with Crippen LogP contribution in [-0.4, -0.2) is 19.1 Å². The van der Waals surface area contributed by atoms with Crippen LogP contribution in [0.5, 0.6) is 0 Å². The van der Waals surface area contributed by atoms with Crippen LogP contribution < -0.4 is 10.2 Å². The SMILES string of the molecule is CC1CCCC1Nc1ccc(N2CCCC2)c(F)c1. The van der Waals surface area contributed by atoms with Crippen molar-refractivity contribution in [3.63, 3.8) is 0 Å². The molecule has 2 nitrogen and oxygen atoms in total. The van der Waals surface area contributed by atoms with Crippen LogP contribution >= 0.6 is 0 Å². The smallest absolute Gasteiger partial charge is 0.148 e. The third kappa shape index (κ3) is 2.70. The summed E-state index contributed by atoms with van der Waals surface area (Å²) in [5, 5.41) is 3.49. The summed E-state index contributed by atoms with van der Waals surface area (Å²) in [5.74, 6) is 0.610. The predicted molar refractivity (Wildman–Crippen MR) is 78.3 cm³/mol. The molecule has 1 aromatic carbocycles. The Morgan fingerprint density at radius 3 is 2.58 bits per heavy atom. The van der Waals surface area contributed by atoms with E-state index in [1.807, 2.05) is 12.1 Å². The summed E-state index contributed by atoms with van der Waals surface area (Å²) in [7, 11) is 0. The molecule has 2 atom stereocenters. The first-order valence-electron chi connectivity index (χ1n) is 7.55. The maximum absolute atomic E-state index is 14.2. The normalized spacial score (nSPS) is 26.9. The second-order valence-electron chi connectivity index (χ2n) is 6.02. The molecule has 1 saturated heterocycles. The third-order valence-corrected chi connectivity index (χ3v) is 4.61. The van der Waals surface area contributed by atoms with Crippen LogP contribution in [0, 0.1) is 11.7 Å². The van der Waals surface area contributed by atoms with Crippen LogP contribution in [0.2, 0.25) is 0 Å². The van der Waals surface area contributed by atoms with E-state index in [2.05, 4.69) is 17.1 Å². The number of anilines is 2. The Kier molecular flexibility index (Phi) is 3.63. The minimum absolute atomic E-state index is 0.0856. The summed E-state index contributed by atoms with van der Waals surface area (Å²) in [6.07, 6.45) is 6.13. The fourth-order valence-electron chi connectivity index (χ4n) is 3.39. The molecule has 0 aromatic heterocycles. The lowest BCUT2D eigenvalue weighted by molar-refractivity contribution is 0.555. The summed E-state index contributed by atoms with van der Waals surface area (Å²) in [5.41, 5.74) is 1.70. The lowest BCUT2D eigenvalue weighted by atomic mass is 10.1. The van der Waals surface area contributed by atoms with Gasteiger partial charge in [0.05, 0.1) is 5.69 Å². The Hall–Kier alpha value is -1.25. The highest BCUT2D eigenvalue weighted by Crippen LogP contribution is 2.30. The number of nitrogens with zero attached hydrogens (tertiary/aromatic N) is 1. The summed E-state index contributed by atoms with van der Waals surface area (Å²) >= 11 is 0. The molecular formula is C16H23FN2. The molecule has 2 aliphatic rings. The van der Waals surface area contributed by atoms with Crippen molar-refractivity contribution < 1.29 is 4.39 Å². The Bertz CT molecular complexity index is 440. The fourth-order valence-corrected chi connectivity index (χ4v) is 3.39. The first-order valence-corrected chi connectivity index (χ1v) is 7.55. The Morgan fingerprint density at radius 1 is 1.16 bits per heavy atom. The maximum atomic E-state index is 14.2.